The Kier molecular flexibility index (Phi) is 5.53. The van der Waals surface area contributed by atoms with E-state index in [1.807, 2.05) is 0 Å². The van der Waals surface area contributed by atoms with Gasteiger partial charge in [-0.1, -0.05) is 18.2 Å². The van der Waals surface area contributed by atoms with Gasteiger partial charge in [0, 0.05) is 0 Å². The molecule has 3 aromatic carbocycles. The van der Waals surface area contributed by atoms with Gasteiger partial charge in [-0.2, -0.15) is 0 Å². The Morgan fingerprint density at radius 1 is 0.654 bits per heavy atom. The molecule has 0 unspecified atom stereocenters. The van der Waals surface area contributed by atoms with Crippen molar-refractivity contribution in [3.8, 4) is 11.5 Å². The van der Waals surface area contributed by atoms with Gasteiger partial charge in [0.05, 0.1) is 9.79 Å². The number of benzene rings is 3. The van der Waals surface area contributed by atoms with Crippen LogP contribution >= 0.6 is 0 Å². The third-order valence-electron chi connectivity index (χ3n) is 3.62. The summed E-state index contributed by atoms with van der Waals surface area (Å²) < 4.78 is 48.8. The normalized spacial score (nSPS) is 11.1. The highest BCUT2D eigenvalue weighted by Gasteiger charge is 2.16. The molecular weight excluding hydrogens is 355 g/mol. The quantitative estimate of drug-likeness (QED) is 0.586. The minimum absolute atomic E-state index is 0.207. The second-order valence-corrected chi connectivity index (χ2v) is 7.39. The molecule has 0 amide bonds. The van der Waals surface area contributed by atoms with Gasteiger partial charge in [-0.3, -0.25) is 0 Å². The van der Waals surface area contributed by atoms with Crippen molar-refractivity contribution in [3.63, 3.8) is 0 Å². The van der Waals surface area contributed by atoms with Crippen molar-refractivity contribution in [2.45, 2.75) is 9.79 Å². The smallest absolute Gasteiger partial charge is 0.206 e. The summed E-state index contributed by atoms with van der Waals surface area (Å²) >= 11 is 0. The molecule has 0 heterocycles. The minimum Gasteiger partial charge on any atom is -0.490 e. The highest BCUT2D eigenvalue weighted by Crippen LogP contribution is 2.22. The number of rotatable bonds is 7. The molecule has 0 N–H and O–H groups in total. The van der Waals surface area contributed by atoms with E-state index in [1.165, 1.54) is 24.3 Å². The maximum atomic E-state index is 12.8. The number of hydrogen-bond donors (Lipinski definition) is 0. The van der Waals surface area contributed by atoms with Crippen LogP contribution < -0.4 is 9.47 Å². The Labute approximate surface area is 151 Å². The lowest BCUT2D eigenvalue weighted by Crippen LogP contribution is -2.09. The van der Waals surface area contributed by atoms with Crippen molar-refractivity contribution in [2.24, 2.45) is 0 Å². The van der Waals surface area contributed by atoms with Crippen LogP contribution in [0.4, 0.5) is 4.39 Å². The van der Waals surface area contributed by atoms with E-state index in [-0.39, 0.29) is 28.8 Å². The van der Waals surface area contributed by atoms with Crippen molar-refractivity contribution in [2.75, 3.05) is 13.2 Å². The predicted octanol–water partition coefficient (Wildman–Crippen LogP) is 4.12. The number of halogens is 1. The number of ether oxygens (including phenoxy) is 2. The van der Waals surface area contributed by atoms with Crippen LogP contribution in [0.5, 0.6) is 11.5 Å². The highest BCUT2D eigenvalue weighted by atomic mass is 32.2. The topological polar surface area (TPSA) is 52.6 Å². The van der Waals surface area contributed by atoms with E-state index in [0.29, 0.717) is 11.5 Å². The lowest BCUT2D eigenvalue weighted by Gasteiger charge is -2.09. The monoisotopic (exact) mass is 372 g/mol. The maximum absolute atomic E-state index is 12.8. The molecule has 0 spiro atoms. The second-order valence-electron chi connectivity index (χ2n) is 5.44. The van der Waals surface area contributed by atoms with Crippen LogP contribution in [0.2, 0.25) is 0 Å². The zero-order valence-electron chi connectivity index (χ0n) is 13.8. The fourth-order valence-corrected chi connectivity index (χ4v) is 3.58. The Hall–Kier alpha value is -2.86. The van der Waals surface area contributed by atoms with E-state index >= 15 is 0 Å². The summed E-state index contributed by atoms with van der Waals surface area (Å²) in [5.74, 6) is 0.776. The first kappa shape index (κ1) is 17.9. The second kappa shape index (κ2) is 8.01. The van der Waals surface area contributed by atoms with Crippen LogP contribution in [0.3, 0.4) is 0 Å². The van der Waals surface area contributed by atoms with Crippen LogP contribution in [0.25, 0.3) is 0 Å². The van der Waals surface area contributed by atoms with Gasteiger partial charge in [0.2, 0.25) is 9.84 Å². The largest absolute Gasteiger partial charge is 0.490 e. The van der Waals surface area contributed by atoms with Crippen molar-refractivity contribution in [1.82, 2.24) is 0 Å². The van der Waals surface area contributed by atoms with Crippen LogP contribution in [0, 0.1) is 5.82 Å². The van der Waals surface area contributed by atoms with Crippen molar-refractivity contribution in [3.05, 3.63) is 84.7 Å². The van der Waals surface area contributed by atoms with Crippen molar-refractivity contribution >= 4 is 9.84 Å². The molecule has 0 bridgehead atoms. The molecule has 0 atom stereocenters. The third-order valence-corrected chi connectivity index (χ3v) is 5.41. The van der Waals surface area contributed by atoms with Gasteiger partial charge in [-0.25, -0.2) is 12.8 Å². The summed E-state index contributed by atoms with van der Waals surface area (Å²) in [5, 5.41) is 0. The molecule has 134 valence electrons. The molecule has 0 saturated heterocycles. The lowest BCUT2D eigenvalue weighted by atomic mass is 10.3. The lowest BCUT2D eigenvalue weighted by molar-refractivity contribution is 0.217. The van der Waals surface area contributed by atoms with E-state index in [2.05, 4.69) is 0 Å². The summed E-state index contributed by atoms with van der Waals surface area (Å²) in [5.41, 5.74) is 0. The molecule has 0 aliphatic rings. The molecule has 0 aromatic heterocycles. The van der Waals surface area contributed by atoms with Crippen molar-refractivity contribution < 1.29 is 22.3 Å². The van der Waals surface area contributed by atoms with E-state index in [0.717, 1.165) is 0 Å². The first-order valence-electron chi connectivity index (χ1n) is 7.97. The summed E-state index contributed by atoms with van der Waals surface area (Å²) in [7, 11) is -3.53. The maximum Gasteiger partial charge on any atom is 0.206 e. The number of sulfone groups is 1. The van der Waals surface area contributed by atoms with Crippen molar-refractivity contribution in [1.29, 1.82) is 0 Å². The molecule has 6 heteroatoms. The summed E-state index contributed by atoms with van der Waals surface area (Å²) in [6.07, 6.45) is 0. The first-order valence-corrected chi connectivity index (χ1v) is 9.45. The Morgan fingerprint density at radius 3 is 1.65 bits per heavy atom. The van der Waals surface area contributed by atoms with Gasteiger partial charge >= 0.3 is 0 Å². The SMILES string of the molecule is O=S(=O)(c1ccccc1)c1ccc(OCCOc2ccc(F)cc2)cc1. The molecule has 0 aliphatic heterocycles. The minimum atomic E-state index is -3.53. The van der Waals surface area contributed by atoms with E-state index in [4.69, 9.17) is 9.47 Å². The molecule has 0 radical (unpaired) electrons. The van der Waals surface area contributed by atoms with Gasteiger partial charge in [0.25, 0.3) is 0 Å². The summed E-state index contributed by atoms with van der Waals surface area (Å²) in [4.78, 5) is 0.458. The summed E-state index contributed by atoms with van der Waals surface area (Å²) in [6, 6.07) is 20.2. The first-order chi connectivity index (χ1) is 12.6. The molecule has 3 rings (SSSR count). The average molecular weight is 372 g/mol. The predicted molar refractivity (Wildman–Crippen MR) is 95.7 cm³/mol. The van der Waals surface area contributed by atoms with Gasteiger partial charge in [-0.05, 0) is 60.7 Å². The summed E-state index contributed by atoms with van der Waals surface area (Å²) in [6.45, 7) is 0.567. The van der Waals surface area contributed by atoms with Crippen LogP contribution in [-0.4, -0.2) is 21.6 Å². The Bertz CT molecular complexity index is 937. The van der Waals surface area contributed by atoms with Crippen LogP contribution in [-0.2, 0) is 9.84 Å². The Balaban J connectivity index is 1.55. The number of hydrogen-bond acceptors (Lipinski definition) is 4. The van der Waals surface area contributed by atoms with Gasteiger partial charge in [-0.15, -0.1) is 0 Å². The molecule has 3 aromatic rings. The molecule has 26 heavy (non-hydrogen) atoms. The van der Waals surface area contributed by atoms with Gasteiger partial charge < -0.3 is 9.47 Å². The third kappa shape index (κ3) is 4.40. The molecule has 0 fully saturated rings. The van der Waals surface area contributed by atoms with Crippen LogP contribution in [0.1, 0.15) is 0 Å². The standard InChI is InChI=1S/C20H17FO4S/c21-16-6-8-17(9-7-16)24-14-15-25-18-10-12-20(13-11-18)26(22,23)19-4-2-1-3-5-19/h1-13H,14-15H2. The molecule has 0 saturated carbocycles. The zero-order chi connectivity index (χ0) is 18.4. The Morgan fingerprint density at radius 2 is 1.12 bits per heavy atom. The highest BCUT2D eigenvalue weighted by molar-refractivity contribution is 7.91. The fraction of sp³-hybridized carbons (Fsp3) is 0.100. The molecular formula is C20H17FO4S. The van der Waals surface area contributed by atoms with Crippen LogP contribution in [0.15, 0.2) is 88.7 Å². The average Bonchev–Trinajstić information content (AvgIpc) is 2.68. The zero-order valence-corrected chi connectivity index (χ0v) is 14.7. The van der Waals surface area contributed by atoms with Gasteiger partial charge in [0.1, 0.15) is 30.5 Å². The van der Waals surface area contributed by atoms with E-state index < -0.39 is 9.84 Å². The van der Waals surface area contributed by atoms with E-state index in [1.54, 1.807) is 54.6 Å². The van der Waals surface area contributed by atoms with Gasteiger partial charge in [0.15, 0.2) is 0 Å². The van der Waals surface area contributed by atoms with E-state index in [9.17, 15) is 12.8 Å². The fourth-order valence-electron chi connectivity index (χ4n) is 2.30. The molecule has 4 nitrogen and oxygen atoms in total. The molecule has 0 aliphatic carbocycles.